The summed E-state index contributed by atoms with van der Waals surface area (Å²) in [6, 6.07) is 3.60. The summed E-state index contributed by atoms with van der Waals surface area (Å²) < 4.78 is 36.4. The van der Waals surface area contributed by atoms with Crippen LogP contribution < -0.4 is 5.73 Å². The molecule has 82 valence electrons. The molecule has 0 aliphatic rings. The van der Waals surface area contributed by atoms with Gasteiger partial charge in [-0.25, -0.2) is 0 Å². The zero-order valence-electron chi connectivity index (χ0n) is 7.44. The lowest BCUT2D eigenvalue weighted by Gasteiger charge is -2.09. The standard InChI is InChI=1S/C9H7ClF3NO/c10-6-1-2-7(8(14)15)5(3-6)4-9(11,12)13/h1-3H,4H2,(H2,14,15). The summed E-state index contributed by atoms with van der Waals surface area (Å²) in [4.78, 5) is 10.8. The van der Waals surface area contributed by atoms with Gasteiger partial charge in [-0.2, -0.15) is 13.2 Å². The van der Waals surface area contributed by atoms with E-state index in [1.807, 2.05) is 0 Å². The number of rotatable bonds is 2. The van der Waals surface area contributed by atoms with Gasteiger partial charge in [-0.15, -0.1) is 0 Å². The van der Waals surface area contributed by atoms with Gasteiger partial charge in [0.15, 0.2) is 0 Å². The smallest absolute Gasteiger partial charge is 0.366 e. The van der Waals surface area contributed by atoms with Gasteiger partial charge in [0, 0.05) is 10.6 Å². The van der Waals surface area contributed by atoms with Gasteiger partial charge in [0.05, 0.1) is 6.42 Å². The van der Waals surface area contributed by atoms with Gasteiger partial charge in [-0.1, -0.05) is 11.6 Å². The predicted molar refractivity (Wildman–Crippen MR) is 49.7 cm³/mol. The molecule has 0 saturated heterocycles. The van der Waals surface area contributed by atoms with E-state index in [1.165, 1.54) is 12.1 Å². The van der Waals surface area contributed by atoms with E-state index >= 15 is 0 Å². The summed E-state index contributed by atoms with van der Waals surface area (Å²) >= 11 is 5.53. The number of carbonyl (C=O) groups excluding carboxylic acids is 1. The maximum atomic E-state index is 12.1. The van der Waals surface area contributed by atoms with E-state index in [-0.39, 0.29) is 16.1 Å². The monoisotopic (exact) mass is 237 g/mol. The molecule has 1 amide bonds. The average molecular weight is 238 g/mol. The minimum atomic E-state index is -4.39. The van der Waals surface area contributed by atoms with Crippen molar-refractivity contribution in [2.24, 2.45) is 5.73 Å². The number of carbonyl (C=O) groups is 1. The fourth-order valence-electron chi connectivity index (χ4n) is 1.16. The van der Waals surface area contributed by atoms with Crippen LogP contribution in [0.5, 0.6) is 0 Å². The first-order valence-electron chi connectivity index (χ1n) is 3.94. The van der Waals surface area contributed by atoms with Crippen LogP contribution in [0.2, 0.25) is 5.02 Å². The molecule has 1 aromatic carbocycles. The molecule has 1 rings (SSSR count). The van der Waals surface area contributed by atoms with Crippen molar-refractivity contribution in [2.75, 3.05) is 0 Å². The highest BCUT2D eigenvalue weighted by atomic mass is 35.5. The molecule has 0 radical (unpaired) electrons. The highest BCUT2D eigenvalue weighted by Crippen LogP contribution is 2.25. The van der Waals surface area contributed by atoms with Gasteiger partial charge in [-0.05, 0) is 23.8 Å². The number of amides is 1. The number of alkyl halides is 3. The Morgan fingerprint density at radius 3 is 2.47 bits per heavy atom. The first-order chi connectivity index (χ1) is 6.79. The van der Waals surface area contributed by atoms with Crippen molar-refractivity contribution in [3.05, 3.63) is 34.3 Å². The van der Waals surface area contributed by atoms with Crippen molar-refractivity contribution in [3.8, 4) is 0 Å². The Morgan fingerprint density at radius 1 is 1.40 bits per heavy atom. The molecule has 2 N–H and O–H groups in total. The Hall–Kier alpha value is -1.23. The molecule has 0 unspecified atom stereocenters. The molecule has 0 heterocycles. The van der Waals surface area contributed by atoms with Crippen LogP contribution in [0.25, 0.3) is 0 Å². The summed E-state index contributed by atoms with van der Waals surface area (Å²) in [5.41, 5.74) is 4.57. The van der Waals surface area contributed by atoms with E-state index in [0.717, 1.165) is 6.07 Å². The molecule has 0 atom stereocenters. The average Bonchev–Trinajstić information content (AvgIpc) is 1.99. The largest absolute Gasteiger partial charge is 0.393 e. The predicted octanol–water partition coefficient (Wildman–Crippen LogP) is 2.54. The Morgan fingerprint density at radius 2 is 2.00 bits per heavy atom. The Balaban J connectivity index is 3.13. The maximum absolute atomic E-state index is 12.1. The van der Waals surface area contributed by atoms with Crippen LogP contribution in [0, 0.1) is 0 Å². The molecular weight excluding hydrogens is 231 g/mol. The molecule has 0 aliphatic carbocycles. The van der Waals surface area contributed by atoms with E-state index in [9.17, 15) is 18.0 Å². The molecule has 0 saturated carbocycles. The topological polar surface area (TPSA) is 43.1 Å². The molecule has 2 nitrogen and oxygen atoms in total. The Bertz CT molecular complexity index is 389. The lowest BCUT2D eigenvalue weighted by atomic mass is 10.0. The van der Waals surface area contributed by atoms with Crippen LogP contribution in [0.4, 0.5) is 13.2 Å². The van der Waals surface area contributed by atoms with Crippen LogP contribution in [0.15, 0.2) is 18.2 Å². The SMILES string of the molecule is NC(=O)c1ccc(Cl)cc1CC(F)(F)F. The fourth-order valence-corrected chi connectivity index (χ4v) is 1.36. The van der Waals surface area contributed by atoms with Crippen LogP contribution in [-0.4, -0.2) is 12.1 Å². The highest BCUT2D eigenvalue weighted by Gasteiger charge is 2.29. The van der Waals surface area contributed by atoms with Crippen LogP contribution in [0.3, 0.4) is 0 Å². The zero-order valence-corrected chi connectivity index (χ0v) is 8.19. The van der Waals surface area contributed by atoms with Gasteiger partial charge in [0.25, 0.3) is 0 Å². The van der Waals surface area contributed by atoms with Crippen molar-refractivity contribution >= 4 is 17.5 Å². The molecule has 0 spiro atoms. The second-order valence-corrected chi connectivity index (χ2v) is 3.39. The quantitative estimate of drug-likeness (QED) is 0.844. The zero-order chi connectivity index (χ0) is 11.6. The van der Waals surface area contributed by atoms with Crippen LogP contribution >= 0.6 is 11.6 Å². The highest BCUT2D eigenvalue weighted by molar-refractivity contribution is 6.30. The Kier molecular flexibility index (Phi) is 3.24. The van der Waals surface area contributed by atoms with E-state index in [4.69, 9.17) is 17.3 Å². The maximum Gasteiger partial charge on any atom is 0.393 e. The van der Waals surface area contributed by atoms with Crippen molar-refractivity contribution in [3.63, 3.8) is 0 Å². The number of hydrogen-bond donors (Lipinski definition) is 1. The van der Waals surface area contributed by atoms with Crippen molar-refractivity contribution in [1.29, 1.82) is 0 Å². The molecule has 0 bridgehead atoms. The third kappa shape index (κ3) is 3.43. The van der Waals surface area contributed by atoms with E-state index < -0.39 is 18.5 Å². The molecule has 0 aromatic heterocycles. The molecular formula is C9H7ClF3NO. The van der Waals surface area contributed by atoms with Crippen molar-refractivity contribution in [2.45, 2.75) is 12.6 Å². The molecule has 0 aliphatic heterocycles. The first-order valence-corrected chi connectivity index (χ1v) is 4.32. The number of hydrogen-bond acceptors (Lipinski definition) is 1. The molecule has 1 aromatic rings. The summed E-state index contributed by atoms with van der Waals surface area (Å²) in [6.45, 7) is 0. The summed E-state index contributed by atoms with van der Waals surface area (Å²) in [7, 11) is 0. The van der Waals surface area contributed by atoms with Gasteiger partial charge >= 0.3 is 6.18 Å². The van der Waals surface area contributed by atoms with Crippen LogP contribution in [0.1, 0.15) is 15.9 Å². The summed E-state index contributed by atoms with van der Waals surface area (Å²) in [5.74, 6) is -0.897. The van der Waals surface area contributed by atoms with Crippen molar-refractivity contribution < 1.29 is 18.0 Å². The third-order valence-electron chi connectivity index (χ3n) is 1.72. The van der Waals surface area contributed by atoms with E-state index in [2.05, 4.69) is 0 Å². The Labute approximate surface area is 88.8 Å². The van der Waals surface area contributed by atoms with E-state index in [0.29, 0.717) is 0 Å². The lowest BCUT2D eigenvalue weighted by molar-refractivity contribution is -0.127. The van der Waals surface area contributed by atoms with Gasteiger partial charge in [0.1, 0.15) is 0 Å². The summed E-state index contributed by atoms with van der Waals surface area (Å²) in [6.07, 6.45) is -5.61. The number of nitrogens with two attached hydrogens (primary N) is 1. The van der Waals surface area contributed by atoms with Gasteiger partial charge < -0.3 is 5.73 Å². The van der Waals surface area contributed by atoms with Gasteiger partial charge in [-0.3, -0.25) is 4.79 Å². The second kappa shape index (κ2) is 4.10. The van der Waals surface area contributed by atoms with Gasteiger partial charge in [0.2, 0.25) is 5.91 Å². The second-order valence-electron chi connectivity index (χ2n) is 2.96. The first kappa shape index (κ1) is 11.8. The van der Waals surface area contributed by atoms with E-state index in [1.54, 1.807) is 0 Å². The molecule has 15 heavy (non-hydrogen) atoms. The normalized spacial score (nSPS) is 11.5. The number of halogens is 4. The minimum absolute atomic E-state index is 0.138. The fraction of sp³-hybridized carbons (Fsp3) is 0.222. The van der Waals surface area contributed by atoms with Crippen LogP contribution in [-0.2, 0) is 6.42 Å². The lowest BCUT2D eigenvalue weighted by Crippen LogP contribution is -2.18. The summed E-state index contributed by atoms with van der Waals surface area (Å²) in [5, 5.41) is 0.138. The van der Waals surface area contributed by atoms with Crippen molar-refractivity contribution in [1.82, 2.24) is 0 Å². The number of primary amides is 1. The molecule has 6 heteroatoms. The molecule has 0 fully saturated rings. The number of benzene rings is 1. The minimum Gasteiger partial charge on any atom is -0.366 e. The third-order valence-corrected chi connectivity index (χ3v) is 1.96.